The van der Waals surface area contributed by atoms with Gasteiger partial charge in [0.2, 0.25) is 11.8 Å². The number of hydrogen-bond acceptors (Lipinski definition) is 4. The van der Waals surface area contributed by atoms with Crippen molar-refractivity contribution in [1.29, 1.82) is 0 Å². The Morgan fingerprint density at radius 2 is 2.00 bits per heavy atom. The molecular formula is C13H23N3O. The van der Waals surface area contributed by atoms with Gasteiger partial charge in [0.05, 0.1) is 6.04 Å². The Balaban J connectivity index is 2.02. The molecule has 1 heterocycles. The Bertz CT molecular complexity index is 338. The first-order valence-corrected chi connectivity index (χ1v) is 6.75. The van der Waals surface area contributed by atoms with E-state index in [-0.39, 0.29) is 6.04 Å². The number of nitrogens with one attached hydrogen (secondary N) is 1. The van der Waals surface area contributed by atoms with E-state index in [0.717, 1.165) is 24.1 Å². The molecule has 17 heavy (non-hydrogen) atoms. The normalized spacial score (nSPS) is 27.0. The molecular weight excluding hydrogens is 214 g/mol. The summed E-state index contributed by atoms with van der Waals surface area (Å²) in [6.07, 6.45) is 5.93. The third-order valence-electron chi connectivity index (χ3n) is 3.88. The van der Waals surface area contributed by atoms with Gasteiger partial charge in [-0.05, 0) is 45.1 Å². The van der Waals surface area contributed by atoms with Crippen LogP contribution in [0.15, 0.2) is 4.42 Å². The molecule has 0 amide bonds. The van der Waals surface area contributed by atoms with Gasteiger partial charge in [0.25, 0.3) is 0 Å². The Morgan fingerprint density at radius 3 is 2.59 bits per heavy atom. The third-order valence-corrected chi connectivity index (χ3v) is 3.88. The monoisotopic (exact) mass is 237 g/mol. The molecule has 0 radical (unpaired) electrons. The summed E-state index contributed by atoms with van der Waals surface area (Å²) in [6, 6.07) is 0.193. The zero-order chi connectivity index (χ0) is 12.3. The fourth-order valence-corrected chi connectivity index (χ4v) is 2.56. The van der Waals surface area contributed by atoms with E-state index in [9.17, 15) is 0 Å². The van der Waals surface area contributed by atoms with Crippen LogP contribution in [0.1, 0.15) is 69.7 Å². The summed E-state index contributed by atoms with van der Waals surface area (Å²) < 4.78 is 5.82. The molecule has 2 rings (SSSR count). The highest BCUT2D eigenvalue weighted by Gasteiger charge is 2.25. The molecule has 0 aromatic carbocycles. The van der Waals surface area contributed by atoms with Gasteiger partial charge in [-0.2, -0.15) is 0 Å². The molecule has 1 aromatic rings. The van der Waals surface area contributed by atoms with Crippen LogP contribution in [0.25, 0.3) is 0 Å². The first-order chi connectivity index (χ1) is 8.24. The summed E-state index contributed by atoms with van der Waals surface area (Å²) in [5, 5.41) is 11.6. The minimum atomic E-state index is 0.193. The molecule has 1 aliphatic carbocycles. The van der Waals surface area contributed by atoms with E-state index in [1.165, 1.54) is 25.7 Å². The van der Waals surface area contributed by atoms with Crippen LogP contribution in [0.5, 0.6) is 0 Å². The fraction of sp³-hybridized carbons (Fsp3) is 0.846. The molecule has 1 aromatic heterocycles. The van der Waals surface area contributed by atoms with Gasteiger partial charge in [0.15, 0.2) is 0 Å². The summed E-state index contributed by atoms with van der Waals surface area (Å²) in [5.74, 6) is 2.93. The molecule has 96 valence electrons. The van der Waals surface area contributed by atoms with Crippen LogP contribution in [-0.4, -0.2) is 17.2 Å². The van der Waals surface area contributed by atoms with Crippen molar-refractivity contribution in [2.75, 3.05) is 7.05 Å². The largest absolute Gasteiger partial charge is 0.423 e. The average molecular weight is 237 g/mol. The van der Waals surface area contributed by atoms with Crippen molar-refractivity contribution in [3.05, 3.63) is 11.8 Å². The second-order valence-corrected chi connectivity index (χ2v) is 5.18. The van der Waals surface area contributed by atoms with E-state index in [2.05, 4.69) is 29.4 Å². The van der Waals surface area contributed by atoms with Crippen molar-refractivity contribution in [3.63, 3.8) is 0 Å². The molecule has 0 aliphatic heterocycles. The predicted octanol–water partition coefficient (Wildman–Crippen LogP) is 3.03. The van der Waals surface area contributed by atoms with E-state index in [4.69, 9.17) is 4.42 Å². The smallest absolute Gasteiger partial charge is 0.233 e. The summed E-state index contributed by atoms with van der Waals surface area (Å²) in [5.41, 5.74) is 0. The first kappa shape index (κ1) is 12.6. The average Bonchev–Trinajstić information content (AvgIpc) is 2.81. The number of rotatable bonds is 4. The van der Waals surface area contributed by atoms with Gasteiger partial charge in [-0.1, -0.05) is 13.8 Å². The van der Waals surface area contributed by atoms with Crippen LogP contribution < -0.4 is 5.32 Å². The fourth-order valence-electron chi connectivity index (χ4n) is 2.56. The van der Waals surface area contributed by atoms with Crippen molar-refractivity contribution in [2.24, 2.45) is 5.92 Å². The minimum absolute atomic E-state index is 0.193. The Hall–Kier alpha value is -0.900. The summed E-state index contributed by atoms with van der Waals surface area (Å²) in [4.78, 5) is 0. The zero-order valence-corrected chi connectivity index (χ0v) is 11.1. The van der Waals surface area contributed by atoms with E-state index >= 15 is 0 Å². The summed E-state index contributed by atoms with van der Waals surface area (Å²) >= 11 is 0. The van der Waals surface area contributed by atoms with Crippen LogP contribution in [0, 0.1) is 5.92 Å². The van der Waals surface area contributed by atoms with Gasteiger partial charge in [-0.15, -0.1) is 10.2 Å². The Kier molecular flexibility index (Phi) is 4.15. The minimum Gasteiger partial charge on any atom is -0.423 e. The Labute approximate surface area is 103 Å². The van der Waals surface area contributed by atoms with Gasteiger partial charge < -0.3 is 9.73 Å². The predicted molar refractivity (Wildman–Crippen MR) is 66.8 cm³/mol. The van der Waals surface area contributed by atoms with Crippen LogP contribution in [-0.2, 0) is 0 Å². The van der Waals surface area contributed by atoms with Crippen molar-refractivity contribution in [2.45, 2.75) is 57.9 Å². The van der Waals surface area contributed by atoms with Crippen LogP contribution in [0.3, 0.4) is 0 Å². The SMILES string of the molecule is CCC(NC)c1nnc(C2CCC(C)CC2)o1. The number of aromatic nitrogens is 2. The van der Waals surface area contributed by atoms with Crippen molar-refractivity contribution in [3.8, 4) is 0 Å². The number of nitrogens with zero attached hydrogens (tertiary/aromatic N) is 2. The number of hydrogen-bond donors (Lipinski definition) is 1. The lowest BCUT2D eigenvalue weighted by Gasteiger charge is -2.23. The highest BCUT2D eigenvalue weighted by atomic mass is 16.4. The van der Waals surface area contributed by atoms with Gasteiger partial charge in [-0.3, -0.25) is 0 Å². The maximum absolute atomic E-state index is 5.82. The molecule has 1 aliphatic rings. The van der Waals surface area contributed by atoms with E-state index < -0.39 is 0 Å². The lowest BCUT2D eigenvalue weighted by Crippen LogP contribution is -2.15. The van der Waals surface area contributed by atoms with Crippen molar-refractivity contribution >= 4 is 0 Å². The molecule has 1 N–H and O–H groups in total. The van der Waals surface area contributed by atoms with E-state index in [0.29, 0.717) is 5.92 Å². The molecule has 4 nitrogen and oxygen atoms in total. The zero-order valence-electron chi connectivity index (χ0n) is 11.1. The van der Waals surface area contributed by atoms with E-state index in [1.807, 2.05) is 7.05 Å². The molecule has 0 bridgehead atoms. The topological polar surface area (TPSA) is 51.0 Å². The lowest BCUT2D eigenvalue weighted by molar-refractivity contribution is 0.294. The molecule has 1 fully saturated rings. The van der Waals surface area contributed by atoms with Gasteiger partial charge in [0.1, 0.15) is 0 Å². The van der Waals surface area contributed by atoms with Crippen LogP contribution in [0.4, 0.5) is 0 Å². The quantitative estimate of drug-likeness (QED) is 0.874. The first-order valence-electron chi connectivity index (χ1n) is 6.75. The van der Waals surface area contributed by atoms with Crippen LogP contribution in [0.2, 0.25) is 0 Å². The highest BCUT2D eigenvalue weighted by molar-refractivity contribution is 4.96. The summed E-state index contributed by atoms with van der Waals surface area (Å²) in [7, 11) is 1.93. The van der Waals surface area contributed by atoms with Crippen molar-refractivity contribution < 1.29 is 4.42 Å². The molecule has 0 saturated heterocycles. The van der Waals surface area contributed by atoms with Crippen LogP contribution >= 0.6 is 0 Å². The third kappa shape index (κ3) is 2.86. The molecule has 4 heteroatoms. The van der Waals surface area contributed by atoms with Gasteiger partial charge in [0, 0.05) is 5.92 Å². The highest BCUT2D eigenvalue weighted by Crippen LogP contribution is 2.35. The molecule has 0 spiro atoms. The van der Waals surface area contributed by atoms with Gasteiger partial charge >= 0.3 is 0 Å². The maximum atomic E-state index is 5.82. The molecule has 1 atom stereocenters. The second-order valence-electron chi connectivity index (χ2n) is 5.18. The maximum Gasteiger partial charge on any atom is 0.233 e. The Morgan fingerprint density at radius 1 is 1.29 bits per heavy atom. The summed E-state index contributed by atoms with van der Waals surface area (Å²) in [6.45, 7) is 4.44. The van der Waals surface area contributed by atoms with E-state index in [1.54, 1.807) is 0 Å². The molecule has 1 saturated carbocycles. The lowest BCUT2D eigenvalue weighted by atomic mass is 9.83. The van der Waals surface area contributed by atoms with Crippen molar-refractivity contribution in [1.82, 2.24) is 15.5 Å². The molecule has 1 unspecified atom stereocenters. The second kappa shape index (κ2) is 5.63. The van der Waals surface area contributed by atoms with Gasteiger partial charge in [-0.25, -0.2) is 0 Å². The standard InChI is InChI=1S/C13H23N3O/c1-4-11(14-3)13-16-15-12(17-13)10-7-5-9(2)6-8-10/h9-11,14H,4-8H2,1-3H3.